The van der Waals surface area contributed by atoms with E-state index in [0.717, 1.165) is 11.4 Å². The summed E-state index contributed by atoms with van der Waals surface area (Å²) >= 11 is 0. The highest BCUT2D eigenvalue weighted by molar-refractivity contribution is 5.90. The molecule has 0 aromatic carbocycles. The fraction of sp³-hybridized carbons (Fsp3) is 0.250. The Hall–Kier alpha value is -3.36. The van der Waals surface area contributed by atoms with Gasteiger partial charge in [0.1, 0.15) is 12.1 Å². The molecule has 0 atom stereocenters. The summed E-state index contributed by atoms with van der Waals surface area (Å²) in [5.41, 5.74) is 1.92. The molecule has 9 nitrogen and oxygen atoms in total. The van der Waals surface area contributed by atoms with Crippen molar-refractivity contribution in [3.63, 3.8) is 0 Å². The van der Waals surface area contributed by atoms with Crippen LogP contribution in [0.5, 0.6) is 0 Å². The van der Waals surface area contributed by atoms with Gasteiger partial charge < -0.3 is 10.6 Å². The molecule has 0 aliphatic heterocycles. The van der Waals surface area contributed by atoms with Crippen molar-refractivity contribution >= 4 is 11.7 Å². The van der Waals surface area contributed by atoms with E-state index in [2.05, 4.69) is 35.7 Å². The number of nitrogens with zero attached hydrogens (tertiary/aromatic N) is 6. The maximum Gasteiger partial charge on any atom is 0.289 e. The predicted molar refractivity (Wildman–Crippen MR) is 91.5 cm³/mol. The molecule has 0 spiro atoms. The Kier molecular flexibility index (Phi) is 4.93. The number of aromatic nitrogens is 6. The van der Waals surface area contributed by atoms with Gasteiger partial charge in [0.05, 0.1) is 5.69 Å². The number of hydrogen-bond acceptors (Lipinski definition) is 7. The number of rotatable bonds is 6. The summed E-state index contributed by atoms with van der Waals surface area (Å²) in [6.45, 7) is 4.82. The second kappa shape index (κ2) is 7.47. The molecule has 9 heteroatoms. The lowest BCUT2D eigenvalue weighted by Gasteiger charge is -2.08. The van der Waals surface area contributed by atoms with Crippen LogP contribution in [0.15, 0.2) is 36.9 Å². The van der Waals surface area contributed by atoms with E-state index in [0.29, 0.717) is 24.7 Å². The average molecular weight is 338 g/mol. The Balaban J connectivity index is 1.55. The largest absolute Gasteiger partial charge is 0.368 e. The number of hydrogen-bond donors (Lipinski definition) is 2. The molecule has 3 heterocycles. The molecule has 0 aliphatic rings. The van der Waals surface area contributed by atoms with E-state index in [4.69, 9.17) is 0 Å². The summed E-state index contributed by atoms with van der Waals surface area (Å²) in [5, 5.41) is 10.3. The Bertz CT molecular complexity index is 862. The highest BCUT2D eigenvalue weighted by Gasteiger charge is 2.08. The lowest BCUT2D eigenvalue weighted by Crippen LogP contribution is -2.30. The molecule has 25 heavy (non-hydrogen) atoms. The van der Waals surface area contributed by atoms with E-state index in [-0.39, 0.29) is 11.7 Å². The number of carbonyl (C=O) groups is 1. The van der Waals surface area contributed by atoms with Crippen LogP contribution in [0.25, 0.3) is 5.82 Å². The van der Waals surface area contributed by atoms with Gasteiger partial charge in [-0.2, -0.15) is 5.10 Å². The standard InChI is InChI=1S/C16H18N8O/c1-11-8-12(2)24(23-11)14-9-13(21-10-22-14)17-6-7-20-16(25)15-18-4-3-5-19-15/h3-5,8-10H,6-7H2,1-2H3,(H,20,25)(H,17,21,22). The molecule has 0 bridgehead atoms. The lowest BCUT2D eigenvalue weighted by atomic mass is 10.4. The van der Waals surface area contributed by atoms with E-state index in [1.807, 2.05) is 26.0 Å². The molecule has 2 N–H and O–H groups in total. The second-order valence-corrected chi connectivity index (χ2v) is 5.36. The van der Waals surface area contributed by atoms with Crippen molar-refractivity contribution in [1.82, 2.24) is 35.0 Å². The van der Waals surface area contributed by atoms with E-state index < -0.39 is 0 Å². The van der Waals surface area contributed by atoms with Gasteiger partial charge in [-0.05, 0) is 26.0 Å². The zero-order valence-corrected chi connectivity index (χ0v) is 14.0. The van der Waals surface area contributed by atoms with Crippen molar-refractivity contribution < 1.29 is 4.79 Å². The molecule has 0 aliphatic carbocycles. The van der Waals surface area contributed by atoms with Crippen LogP contribution in [-0.4, -0.2) is 48.7 Å². The van der Waals surface area contributed by atoms with Crippen LogP contribution >= 0.6 is 0 Å². The van der Waals surface area contributed by atoms with Gasteiger partial charge in [0.2, 0.25) is 5.82 Å². The number of anilines is 1. The van der Waals surface area contributed by atoms with Gasteiger partial charge in [0.25, 0.3) is 5.91 Å². The molecule has 3 aromatic heterocycles. The molecule has 0 fully saturated rings. The minimum absolute atomic E-state index is 0.149. The summed E-state index contributed by atoms with van der Waals surface area (Å²) < 4.78 is 1.76. The van der Waals surface area contributed by atoms with Gasteiger partial charge in [-0.1, -0.05) is 0 Å². The molecule has 3 rings (SSSR count). The topological polar surface area (TPSA) is 111 Å². The molecule has 0 saturated carbocycles. The van der Waals surface area contributed by atoms with E-state index in [1.54, 1.807) is 10.7 Å². The summed E-state index contributed by atoms with van der Waals surface area (Å²) in [7, 11) is 0. The first kappa shape index (κ1) is 16.5. The SMILES string of the molecule is Cc1cc(C)n(-c2cc(NCCNC(=O)c3ncccn3)ncn2)n1. The van der Waals surface area contributed by atoms with Crippen molar-refractivity contribution in [2.45, 2.75) is 13.8 Å². The highest BCUT2D eigenvalue weighted by atomic mass is 16.2. The van der Waals surface area contributed by atoms with Crippen molar-refractivity contribution in [2.75, 3.05) is 18.4 Å². The molecule has 0 unspecified atom stereocenters. The summed E-state index contributed by atoms with van der Waals surface area (Å²) in [4.78, 5) is 28.0. The molecular weight excluding hydrogens is 320 g/mol. The Morgan fingerprint density at radius 3 is 2.60 bits per heavy atom. The van der Waals surface area contributed by atoms with Crippen molar-refractivity contribution in [3.8, 4) is 5.82 Å². The Morgan fingerprint density at radius 1 is 1.08 bits per heavy atom. The quantitative estimate of drug-likeness (QED) is 0.643. The highest BCUT2D eigenvalue weighted by Crippen LogP contribution is 2.11. The van der Waals surface area contributed by atoms with Crippen LogP contribution in [0, 0.1) is 13.8 Å². The van der Waals surface area contributed by atoms with Gasteiger partial charge in [0.15, 0.2) is 5.82 Å². The van der Waals surface area contributed by atoms with Crippen molar-refractivity contribution in [1.29, 1.82) is 0 Å². The smallest absolute Gasteiger partial charge is 0.289 e. The number of amides is 1. The molecular formula is C16H18N8O. The van der Waals surface area contributed by atoms with Crippen LogP contribution in [0.4, 0.5) is 5.82 Å². The van der Waals surface area contributed by atoms with Gasteiger partial charge in [-0.3, -0.25) is 4.79 Å². The van der Waals surface area contributed by atoms with Crippen molar-refractivity contribution in [3.05, 3.63) is 54.1 Å². The van der Waals surface area contributed by atoms with Crippen LogP contribution < -0.4 is 10.6 Å². The zero-order chi connectivity index (χ0) is 17.6. The number of carbonyl (C=O) groups excluding carboxylic acids is 1. The monoisotopic (exact) mass is 338 g/mol. The molecule has 0 saturated heterocycles. The lowest BCUT2D eigenvalue weighted by molar-refractivity contribution is 0.0944. The molecule has 128 valence electrons. The van der Waals surface area contributed by atoms with Gasteiger partial charge in [-0.15, -0.1) is 0 Å². The Morgan fingerprint density at radius 2 is 1.88 bits per heavy atom. The van der Waals surface area contributed by atoms with Crippen molar-refractivity contribution in [2.24, 2.45) is 0 Å². The fourth-order valence-corrected chi connectivity index (χ4v) is 2.28. The summed E-state index contributed by atoms with van der Waals surface area (Å²) in [6, 6.07) is 5.45. The van der Waals surface area contributed by atoms with Crippen LogP contribution in [0.1, 0.15) is 22.0 Å². The van der Waals surface area contributed by atoms with E-state index in [9.17, 15) is 4.79 Å². The minimum atomic E-state index is -0.312. The molecule has 3 aromatic rings. The van der Waals surface area contributed by atoms with Crippen LogP contribution in [0.2, 0.25) is 0 Å². The first-order valence-electron chi connectivity index (χ1n) is 7.78. The third kappa shape index (κ3) is 4.14. The summed E-state index contributed by atoms with van der Waals surface area (Å²) in [5.74, 6) is 1.18. The maximum absolute atomic E-state index is 11.8. The second-order valence-electron chi connectivity index (χ2n) is 5.36. The first-order chi connectivity index (χ1) is 12.1. The first-order valence-corrected chi connectivity index (χ1v) is 7.78. The normalized spacial score (nSPS) is 10.5. The third-order valence-corrected chi connectivity index (χ3v) is 3.36. The van der Waals surface area contributed by atoms with Gasteiger partial charge in [0, 0.05) is 37.2 Å². The minimum Gasteiger partial charge on any atom is -0.368 e. The fourth-order valence-electron chi connectivity index (χ4n) is 2.28. The van der Waals surface area contributed by atoms with E-state index in [1.165, 1.54) is 18.7 Å². The maximum atomic E-state index is 11.8. The average Bonchev–Trinajstić information content (AvgIpc) is 2.98. The molecule has 1 amide bonds. The third-order valence-electron chi connectivity index (χ3n) is 3.36. The zero-order valence-electron chi connectivity index (χ0n) is 14.0. The van der Waals surface area contributed by atoms with Gasteiger partial charge in [-0.25, -0.2) is 24.6 Å². The van der Waals surface area contributed by atoms with E-state index >= 15 is 0 Å². The van der Waals surface area contributed by atoms with Crippen LogP contribution in [0.3, 0.4) is 0 Å². The van der Waals surface area contributed by atoms with Gasteiger partial charge >= 0.3 is 0 Å². The predicted octanol–water partition coefficient (Wildman–Crippen LogP) is 0.911. The molecule has 0 radical (unpaired) electrons. The number of nitrogens with one attached hydrogen (secondary N) is 2. The Labute approximate surface area is 144 Å². The number of aryl methyl sites for hydroxylation is 2. The summed E-state index contributed by atoms with van der Waals surface area (Å²) in [6.07, 6.45) is 4.54. The van der Waals surface area contributed by atoms with Crippen LogP contribution in [-0.2, 0) is 0 Å².